The van der Waals surface area contributed by atoms with Crippen molar-refractivity contribution >= 4 is 11.9 Å². The smallest absolute Gasteiger partial charge is 0.284 e. The molecular weight excluding hydrogens is 330 g/mol. The first kappa shape index (κ1) is 24.9. The van der Waals surface area contributed by atoms with Crippen LogP contribution in [0, 0.1) is 0 Å². The van der Waals surface area contributed by atoms with Crippen molar-refractivity contribution in [1.82, 2.24) is 5.01 Å². The van der Waals surface area contributed by atoms with E-state index in [1.807, 2.05) is 26.2 Å². The summed E-state index contributed by atoms with van der Waals surface area (Å²) in [4.78, 5) is 23.5. The van der Waals surface area contributed by atoms with Crippen molar-refractivity contribution in [2.45, 2.75) is 96.6 Å². The topological polar surface area (TPSA) is 86.5 Å². The van der Waals surface area contributed by atoms with Gasteiger partial charge in [-0.3, -0.25) is 4.79 Å². The minimum Gasteiger partial charge on any atom is -0.550 e. The highest BCUT2D eigenvalue weighted by Gasteiger charge is 2.36. The number of aliphatic carboxylic acids is 1. The number of hydrogen-bond acceptors (Lipinski definition) is 4. The van der Waals surface area contributed by atoms with E-state index >= 15 is 0 Å². The summed E-state index contributed by atoms with van der Waals surface area (Å²) >= 11 is 0. The van der Waals surface area contributed by atoms with Gasteiger partial charge in [-0.05, 0) is 25.7 Å². The van der Waals surface area contributed by atoms with Crippen molar-refractivity contribution in [3.8, 4) is 0 Å². The Balaban J connectivity index is 4.70. The van der Waals surface area contributed by atoms with E-state index < -0.39 is 12.0 Å². The molecule has 0 aliphatic rings. The third-order valence-electron chi connectivity index (χ3n) is 4.81. The number of carboxylic acids is 1. The molecule has 0 aromatic rings. The number of carbonyl (C=O) groups is 2. The van der Waals surface area contributed by atoms with E-state index in [-0.39, 0.29) is 24.8 Å². The second-order valence-electron chi connectivity index (χ2n) is 8.11. The van der Waals surface area contributed by atoms with Crippen molar-refractivity contribution in [3.63, 3.8) is 0 Å². The molecule has 26 heavy (non-hydrogen) atoms. The zero-order valence-corrected chi connectivity index (χ0v) is 17.6. The molecule has 2 atom stereocenters. The first-order valence-corrected chi connectivity index (χ1v) is 10.3. The molecule has 0 aromatic carbocycles. The van der Waals surface area contributed by atoms with Gasteiger partial charge in [-0.25, -0.2) is 4.59 Å². The molecule has 0 radical (unpaired) electrons. The molecule has 0 spiro atoms. The van der Waals surface area contributed by atoms with Crippen LogP contribution in [-0.4, -0.2) is 54.7 Å². The SMILES string of the molecule is CCCCCCCCCC(CC)N(C(=O)C(N)CCC(=O)[O-])[N+](C)(C)C. The number of unbranched alkanes of at least 4 members (excludes halogenated alkanes) is 6. The summed E-state index contributed by atoms with van der Waals surface area (Å²) in [7, 11) is 5.87. The Kier molecular flexibility index (Phi) is 12.5. The average molecular weight is 372 g/mol. The molecule has 0 aliphatic carbocycles. The van der Waals surface area contributed by atoms with Gasteiger partial charge >= 0.3 is 0 Å². The molecule has 0 fully saturated rings. The first-order valence-electron chi connectivity index (χ1n) is 10.3. The van der Waals surface area contributed by atoms with Gasteiger partial charge in [0.2, 0.25) is 0 Å². The molecule has 0 saturated heterocycles. The molecule has 0 aromatic heterocycles. The van der Waals surface area contributed by atoms with Crippen LogP contribution in [0.25, 0.3) is 0 Å². The minimum absolute atomic E-state index is 0.117. The maximum Gasteiger partial charge on any atom is 0.284 e. The monoisotopic (exact) mass is 371 g/mol. The lowest BCUT2D eigenvalue weighted by atomic mass is 10.0. The summed E-state index contributed by atoms with van der Waals surface area (Å²) in [5.41, 5.74) is 5.99. The molecule has 0 rings (SSSR count). The van der Waals surface area contributed by atoms with Gasteiger partial charge in [-0.15, -0.1) is 0 Å². The Bertz CT molecular complexity index is 408. The van der Waals surface area contributed by atoms with E-state index in [1.54, 1.807) is 0 Å². The normalized spacial score (nSPS) is 14.1. The predicted octanol–water partition coefficient (Wildman–Crippen LogP) is 2.21. The largest absolute Gasteiger partial charge is 0.550 e. The van der Waals surface area contributed by atoms with Gasteiger partial charge in [0, 0.05) is 5.97 Å². The molecule has 6 nitrogen and oxygen atoms in total. The third kappa shape index (κ3) is 10.1. The summed E-state index contributed by atoms with van der Waals surface area (Å²) in [6.45, 7) is 4.31. The van der Waals surface area contributed by atoms with Crippen LogP contribution in [0.4, 0.5) is 0 Å². The van der Waals surface area contributed by atoms with E-state index in [1.165, 1.54) is 38.5 Å². The van der Waals surface area contributed by atoms with Gasteiger partial charge in [0.05, 0.1) is 33.2 Å². The van der Waals surface area contributed by atoms with E-state index in [0.717, 1.165) is 19.3 Å². The lowest BCUT2D eigenvalue weighted by Gasteiger charge is -2.42. The van der Waals surface area contributed by atoms with Crippen molar-refractivity contribution in [2.75, 3.05) is 21.1 Å². The Morgan fingerprint density at radius 2 is 1.50 bits per heavy atom. The highest BCUT2D eigenvalue weighted by atomic mass is 16.4. The summed E-state index contributed by atoms with van der Waals surface area (Å²) in [6.07, 6.45) is 10.5. The molecule has 2 N–H and O–H groups in total. The molecule has 2 unspecified atom stereocenters. The van der Waals surface area contributed by atoms with Crippen molar-refractivity contribution in [1.29, 1.82) is 0 Å². The molecule has 1 amide bonds. The predicted molar refractivity (Wildman–Crippen MR) is 104 cm³/mol. The number of hydrogen-bond donors (Lipinski definition) is 1. The van der Waals surface area contributed by atoms with E-state index in [0.29, 0.717) is 4.59 Å². The average Bonchev–Trinajstić information content (AvgIpc) is 2.56. The number of rotatable bonds is 15. The van der Waals surface area contributed by atoms with Crippen LogP contribution in [0.3, 0.4) is 0 Å². The van der Waals surface area contributed by atoms with Crippen LogP contribution in [-0.2, 0) is 9.59 Å². The quantitative estimate of drug-likeness (QED) is 0.272. The molecule has 0 aliphatic heterocycles. The summed E-state index contributed by atoms with van der Waals surface area (Å²) in [5, 5.41) is 12.5. The Morgan fingerprint density at radius 3 is 1.96 bits per heavy atom. The number of carboxylic acid groups (broad SMARTS) is 1. The van der Waals surface area contributed by atoms with Crippen LogP contribution < -0.4 is 10.8 Å². The molecular formula is C20H41N3O3. The van der Waals surface area contributed by atoms with Crippen LogP contribution in [0.1, 0.15) is 84.5 Å². The second kappa shape index (κ2) is 13.1. The molecule has 0 saturated carbocycles. The zero-order valence-electron chi connectivity index (χ0n) is 17.6. The molecule has 154 valence electrons. The number of nitrogens with two attached hydrogens (primary N) is 1. The Labute approximate surface area is 160 Å². The maximum atomic E-state index is 12.9. The fourth-order valence-corrected chi connectivity index (χ4v) is 3.37. The van der Waals surface area contributed by atoms with Crippen LogP contribution in [0.5, 0.6) is 0 Å². The number of carbonyl (C=O) groups excluding carboxylic acids is 2. The number of quaternary nitrogens is 1. The maximum absolute atomic E-state index is 12.9. The van der Waals surface area contributed by atoms with E-state index in [4.69, 9.17) is 5.73 Å². The van der Waals surface area contributed by atoms with Crippen molar-refractivity contribution < 1.29 is 19.3 Å². The number of amides is 1. The lowest BCUT2D eigenvalue weighted by Crippen LogP contribution is -2.62. The zero-order chi connectivity index (χ0) is 20.2. The highest BCUT2D eigenvalue weighted by molar-refractivity contribution is 5.81. The van der Waals surface area contributed by atoms with E-state index in [2.05, 4.69) is 13.8 Å². The van der Waals surface area contributed by atoms with Crippen LogP contribution in [0.15, 0.2) is 0 Å². The molecule has 0 bridgehead atoms. The van der Waals surface area contributed by atoms with E-state index in [9.17, 15) is 14.7 Å². The van der Waals surface area contributed by atoms with Gasteiger partial charge in [0.1, 0.15) is 0 Å². The third-order valence-corrected chi connectivity index (χ3v) is 4.81. The van der Waals surface area contributed by atoms with Gasteiger partial charge in [0.25, 0.3) is 5.91 Å². The fraction of sp³-hybridized carbons (Fsp3) is 0.900. The summed E-state index contributed by atoms with van der Waals surface area (Å²) in [5.74, 6) is -1.34. The standard InChI is InChI=1S/C20H41N3O3/c1-6-8-9-10-11-12-13-14-17(7-2)22(23(3,4)5)20(26)18(21)15-16-19(24)25/h17-18H,6-16,21H2,1-5H3. The molecule has 6 heteroatoms. The van der Waals surface area contributed by atoms with Crippen LogP contribution in [0.2, 0.25) is 0 Å². The van der Waals surface area contributed by atoms with Gasteiger partial charge in [-0.2, -0.15) is 5.01 Å². The molecule has 0 heterocycles. The summed E-state index contributed by atoms with van der Waals surface area (Å²) < 4.78 is 0.368. The first-order chi connectivity index (χ1) is 12.1. The minimum atomic E-state index is -1.17. The van der Waals surface area contributed by atoms with Crippen molar-refractivity contribution in [3.05, 3.63) is 0 Å². The van der Waals surface area contributed by atoms with Gasteiger partial charge in [0.15, 0.2) is 0 Å². The fourth-order valence-electron chi connectivity index (χ4n) is 3.37. The lowest BCUT2D eigenvalue weighted by molar-refractivity contribution is -0.978. The second-order valence-corrected chi connectivity index (χ2v) is 8.11. The van der Waals surface area contributed by atoms with Crippen molar-refractivity contribution in [2.24, 2.45) is 5.73 Å². The van der Waals surface area contributed by atoms with Gasteiger partial charge < -0.3 is 15.6 Å². The van der Waals surface area contributed by atoms with Crippen LogP contribution >= 0.6 is 0 Å². The Morgan fingerprint density at radius 1 is 0.962 bits per heavy atom. The number of nitrogens with zero attached hydrogens (tertiary/aromatic N) is 2. The summed E-state index contributed by atoms with van der Waals surface area (Å²) in [6, 6.07) is -0.680. The van der Waals surface area contributed by atoms with Gasteiger partial charge in [-0.1, -0.05) is 58.8 Å². The Hall–Kier alpha value is -1.14. The highest BCUT2D eigenvalue weighted by Crippen LogP contribution is 2.20.